The smallest absolute Gasteiger partial charge is 0.225 e. The van der Waals surface area contributed by atoms with Gasteiger partial charge in [0.2, 0.25) is 5.91 Å². The summed E-state index contributed by atoms with van der Waals surface area (Å²) in [5.41, 5.74) is 1.04. The summed E-state index contributed by atoms with van der Waals surface area (Å²) in [7, 11) is 1.80. The normalized spacial score (nSPS) is 9.65. The molecule has 4 nitrogen and oxygen atoms in total. The maximum Gasteiger partial charge on any atom is 0.225 e. The Morgan fingerprint density at radius 1 is 1.41 bits per heavy atom. The van der Waals surface area contributed by atoms with E-state index in [9.17, 15) is 4.79 Å². The molecule has 0 aliphatic rings. The average molecular weight is 231 g/mol. The second kappa shape index (κ2) is 7.42. The third-order valence-electron chi connectivity index (χ3n) is 2.42. The van der Waals surface area contributed by atoms with Gasteiger partial charge in [-0.1, -0.05) is 30.3 Å². The van der Waals surface area contributed by atoms with Crippen LogP contribution < -0.4 is 5.32 Å². The second-order valence-electron chi connectivity index (χ2n) is 3.75. The minimum atomic E-state index is 0.00440. The van der Waals surface area contributed by atoms with Crippen LogP contribution in [0.3, 0.4) is 0 Å². The number of nitrogens with one attached hydrogen (secondary N) is 1. The molecule has 0 radical (unpaired) electrons. The monoisotopic (exact) mass is 231 g/mol. The van der Waals surface area contributed by atoms with E-state index in [2.05, 4.69) is 5.32 Å². The lowest BCUT2D eigenvalue weighted by atomic mass is 10.2. The van der Waals surface area contributed by atoms with E-state index in [1.165, 1.54) is 0 Å². The highest BCUT2D eigenvalue weighted by molar-refractivity contribution is 5.76. The standard InChI is InChI=1S/C13H17N3O/c1-15-9-7-13(17)16(10-8-14)11-12-5-3-2-4-6-12/h2-6,15H,7,9-11H2,1H3. The number of rotatable bonds is 6. The van der Waals surface area contributed by atoms with Crippen molar-refractivity contribution in [1.29, 1.82) is 5.26 Å². The van der Waals surface area contributed by atoms with Crippen molar-refractivity contribution < 1.29 is 4.79 Å². The van der Waals surface area contributed by atoms with Crippen molar-refractivity contribution in [3.8, 4) is 6.07 Å². The molecule has 0 bridgehead atoms. The number of benzene rings is 1. The zero-order chi connectivity index (χ0) is 12.5. The van der Waals surface area contributed by atoms with Crippen LogP contribution in [-0.4, -0.2) is 30.9 Å². The first-order chi connectivity index (χ1) is 8.27. The summed E-state index contributed by atoms with van der Waals surface area (Å²) in [6.07, 6.45) is 0.422. The molecule has 0 saturated carbocycles. The zero-order valence-corrected chi connectivity index (χ0v) is 10.0. The van der Waals surface area contributed by atoms with Crippen LogP contribution in [0, 0.1) is 11.3 Å². The van der Waals surface area contributed by atoms with Crippen molar-refractivity contribution in [3.63, 3.8) is 0 Å². The van der Waals surface area contributed by atoms with Crippen LogP contribution in [0.15, 0.2) is 30.3 Å². The second-order valence-corrected chi connectivity index (χ2v) is 3.75. The summed E-state index contributed by atoms with van der Waals surface area (Å²) in [5.74, 6) is 0.00440. The van der Waals surface area contributed by atoms with Crippen LogP contribution in [0.25, 0.3) is 0 Å². The number of hydrogen-bond donors (Lipinski definition) is 1. The Morgan fingerprint density at radius 2 is 2.12 bits per heavy atom. The molecule has 0 atom stereocenters. The highest BCUT2D eigenvalue weighted by atomic mass is 16.2. The zero-order valence-electron chi connectivity index (χ0n) is 10.0. The average Bonchev–Trinajstić information content (AvgIpc) is 2.36. The number of carbonyl (C=O) groups is 1. The minimum absolute atomic E-state index is 0.00440. The Labute approximate surface area is 102 Å². The highest BCUT2D eigenvalue weighted by Gasteiger charge is 2.12. The molecule has 0 heterocycles. The van der Waals surface area contributed by atoms with Gasteiger partial charge in [-0.05, 0) is 12.6 Å². The van der Waals surface area contributed by atoms with Gasteiger partial charge < -0.3 is 10.2 Å². The van der Waals surface area contributed by atoms with Crippen LogP contribution in [-0.2, 0) is 11.3 Å². The summed E-state index contributed by atoms with van der Waals surface area (Å²) in [5, 5.41) is 11.7. The summed E-state index contributed by atoms with van der Waals surface area (Å²) in [6.45, 7) is 1.27. The predicted molar refractivity (Wildman–Crippen MR) is 66.0 cm³/mol. The molecular weight excluding hydrogens is 214 g/mol. The fourth-order valence-corrected chi connectivity index (χ4v) is 1.51. The Kier molecular flexibility index (Phi) is 5.76. The van der Waals surface area contributed by atoms with E-state index in [1.807, 2.05) is 36.4 Å². The molecule has 0 saturated heterocycles. The van der Waals surface area contributed by atoms with Gasteiger partial charge in [-0.2, -0.15) is 5.26 Å². The van der Waals surface area contributed by atoms with E-state index in [0.717, 1.165) is 5.56 Å². The molecule has 0 fully saturated rings. The van der Waals surface area contributed by atoms with Crippen molar-refractivity contribution in [2.45, 2.75) is 13.0 Å². The van der Waals surface area contributed by atoms with Gasteiger partial charge in [0.1, 0.15) is 6.54 Å². The van der Waals surface area contributed by atoms with Crippen LogP contribution >= 0.6 is 0 Å². The first kappa shape index (κ1) is 13.2. The lowest BCUT2D eigenvalue weighted by Crippen LogP contribution is -2.32. The number of nitriles is 1. The Morgan fingerprint density at radius 3 is 2.71 bits per heavy atom. The maximum absolute atomic E-state index is 11.8. The number of amides is 1. The van der Waals surface area contributed by atoms with Crippen LogP contribution in [0.5, 0.6) is 0 Å². The molecule has 90 valence electrons. The molecule has 0 aromatic heterocycles. The number of hydrogen-bond acceptors (Lipinski definition) is 3. The van der Waals surface area contributed by atoms with Gasteiger partial charge in [-0.3, -0.25) is 4.79 Å². The van der Waals surface area contributed by atoms with E-state index in [0.29, 0.717) is 19.5 Å². The molecule has 0 aliphatic heterocycles. The van der Waals surface area contributed by atoms with Crippen LogP contribution in [0.4, 0.5) is 0 Å². The fraction of sp³-hybridized carbons (Fsp3) is 0.385. The topological polar surface area (TPSA) is 56.1 Å². The van der Waals surface area contributed by atoms with Gasteiger partial charge in [-0.25, -0.2) is 0 Å². The third-order valence-corrected chi connectivity index (χ3v) is 2.42. The Hall–Kier alpha value is -1.86. The minimum Gasteiger partial charge on any atom is -0.325 e. The van der Waals surface area contributed by atoms with E-state index in [1.54, 1.807) is 11.9 Å². The van der Waals surface area contributed by atoms with E-state index < -0.39 is 0 Å². The van der Waals surface area contributed by atoms with E-state index in [4.69, 9.17) is 5.26 Å². The highest BCUT2D eigenvalue weighted by Crippen LogP contribution is 2.05. The number of nitrogens with zero attached hydrogens (tertiary/aromatic N) is 2. The lowest BCUT2D eigenvalue weighted by molar-refractivity contribution is -0.131. The fourth-order valence-electron chi connectivity index (χ4n) is 1.51. The lowest BCUT2D eigenvalue weighted by Gasteiger charge is -2.19. The SMILES string of the molecule is CNCCC(=O)N(CC#N)Cc1ccccc1. The van der Waals surface area contributed by atoms with Gasteiger partial charge in [0.15, 0.2) is 0 Å². The molecular formula is C13H17N3O. The number of carbonyl (C=O) groups excluding carboxylic acids is 1. The van der Waals surface area contributed by atoms with Crippen molar-refractivity contribution in [2.75, 3.05) is 20.1 Å². The molecule has 1 rings (SSSR count). The van der Waals surface area contributed by atoms with Gasteiger partial charge in [0.05, 0.1) is 6.07 Å². The van der Waals surface area contributed by atoms with E-state index >= 15 is 0 Å². The Balaban J connectivity index is 2.60. The van der Waals surface area contributed by atoms with Crippen molar-refractivity contribution in [1.82, 2.24) is 10.2 Å². The molecule has 0 spiro atoms. The van der Waals surface area contributed by atoms with Crippen molar-refractivity contribution in [2.24, 2.45) is 0 Å². The first-order valence-corrected chi connectivity index (χ1v) is 5.61. The molecule has 0 aliphatic carbocycles. The molecule has 1 N–H and O–H groups in total. The van der Waals surface area contributed by atoms with Gasteiger partial charge in [0.25, 0.3) is 0 Å². The summed E-state index contributed by atoms with van der Waals surface area (Å²) in [6, 6.07) is 11.7. The largest absolute Gasteiger partial charge is 0.325 e. The van der Waals surface area contributed by atoms with Crippen molar-refractivity contribution in [3.05, 3.63) is 35.9 Å². The van der Waals surface area contributed by atoms with E-state index in [-0.39, 0.29) is 12.5 Å². The summed E-state index contributed by atoms with van der Waals surface area (Å²) < 4.78 is 0. The molecule has 1 aromatic rings. The van der Waals surface area contributed by atoms with Crippen molar-refractivity contribution >= 4 is 5.91 Å². The van der Waals surface area contributed by atoms with Gasteiger partial charge in [-0.15, -0.1) is 0 Å². The Bertz CT molecular complexity index is 383. The van der Waals surface area contributed by atoms with Crippen LogP contribution in [0.1, 0.15) is 12.0 Å². The predicted octanol–water partition coefficient (Wildman–Crippen LogP) is 1.15. The van der Waals surface area contributed by atoms with Crippen LogP contribution in [0.2, 0.25) is 0 Å². The summed E-state index contributed by atoms with van der Waals surface area (Å²) >= 11 is 0. The molecule has 0 unspecified atom stereocenters. The molecule has 1 amide bonds. The maximum atomic E-state index is 11.8. The van der Waals surface area contributed by atoms with Gasteiger partial charge >= 0.3 is 0 Å². The molecule has 1 aromatic carbocycles. The first-order valence-electron chi connectivity index (χ1n) is 5.61. The summed E-state index contributed by atoms with van der Waals surface area (Å²) in [4.78, 5) is 13.4. The molecule has 17 heavy (non-hydrogen) atoms. The quantitative estimate of drug-likeness (QED) is 0.747. The third kappa shape index (κ3) is 4.66. The van der Waals surface area contributed by atoms with Gasteiger partial charge in [0, 0.05) is 19.5 Å². The molecule has 4 heteroatoms.